The number of anilines is 2. The molecule has 0 saturated carbocycles. The molecule has 0 unspecified atom stereocenters. The summed E-state index contributed by atoms with van der Waals surface area (Å²) in [6.45, 7) is 5.43. The van der Waals surface area contributed by atoms with Crippen molar-refractivity contribution in [2.75, 3.05) is 11.9 Å². The van der Waals surface area contributed by atoms with Crippen LogP contribution in [0.15, 0.2) is 54.9 Å². The summed E-state index contributed by atoms with van der Waals surface area (Å²) in [5.74, 6) is 0.555. The number of rotatable bonds is 3. The molecule has 2 aromatic carbocycles. The minimum absolute atomic E-state index is 0.0738. The van der Waals surface area contributed by atoms with Gasteiger partial charge in [0.05, 0.1) is 12.4 Å². The number of nitrogens with zero attached hydrogens (tertiary/aromatic N) is 3. The maximum atomic E-state index is 12.8. The third-order valence-corrected chi connectivity index (χ3v) is 4.94. The molecule has 0 spiro atoms. The van der Waals surface area contributed by atoms with Crippen LogP contribution >= 0.6 is 0 Å². The Morgan fingerprint density at radius 3 is 2.63 bits per heavy atom. The molecule has 0 saturated heterocycles. The molecule has 4 rings (SSSR count). The predicted octanol–water partition coefficient (Wildman–Crippen LogP) is 4.04. The minimum atomic E-state index is -0.0738. The molecule has 5 heteroatoms. The van der Waals surface area contributed by atoms with Gasteiger partial charge in [0.15, 0.2) is 0 Å². The standard InChI is InChI=1S/C22H22N4O/c1-15-7-8-16(2)19(11-15)25-21-13-23-20(12-24-21)22(27)26-10-9-17-5-3-4-6-18(17)14-26/h3-8,11-13H,9-10,14H2,1-2H3,(H,24,25). The number of amides is 1. The third-order valence-electron chi connectivity index (χ3n) is 4.94. The minimum Gasteiger partial charge on any atom is -0.339 e. The SMILES string of the molecule is Cc1ccc(C)c(Nc2cnc(C(=O)N3CCc4ccccc4C3)cn2)c1. The molecule has 136 valence electrons. The molecule has 27 heavy (non-hydrogen) atoms. The van der Waals surface area contributed by atoms with Crippen LogP contribution in [-0.4, -0.2) is 27.3 Å². The molecule has 5 nitrogen and oxygen atoms in total. The molecule has 1 aromatic heterocycles. The smallest absolute Gasteiger partial charge is 0.274 e. The Bertz CT molecular complexity index is 982. The van der Waals surface area contributed by atoms with Crippen molar-refractivity contribution in [2.45, 2.75) is 26.8 Å². The maximum Gasteiger partial charge on any atom is 0.274 e. The average Bonchev–Trinajstić information content (AvgIpc) is 2.70. The second-order valence-corrected chi connectivity index (χ2v) is 6.98. The van der Waals surface area contributed by atoms with Crippen LogP contribution in [0.25, 0.3) is 0 Å². The summed E-state index contributed by atoms with van der Waals surface area (Å²) in [4.78, 5) is 23.3. The van der Waals surface area contributed by atoms with Gasteiger partial charge in [-0.05, 0) is 48.6 Å². The Morgan fingerprint density at radius 2 is 1.85 bits per heavy atom. The van der Waals surface area contributed by atoms with Gasteiger partial charge in [-0.25, -0.2) is 9.97 Å². The lowest BCUT2D eigenvalue weighted by Crippen LogP contribution is -2.36. The molecule has 1 aliphatic heterocycles. The van der Waals surface area contributed by atoms with E-state index in [1.165, 1.54) is 16.7 Å². The first-order chi connectivity index (χ1) is 13.1. The van der Waals surface area contributed by atoms with Crippen LogP contribution in [0.2, 0.25) is 0 Å². The zero-order valence-electron chi connectivity index (χ0n) is 15.6. The first kappa shape index (κ1) is 17.2. The zero-order chi connectivity index (χ0) is 18.8. The van der Waals surface area contributed by atoms with Crippen molar-refractivity contribution in [2.24, 2.45) is 0 Å². The van der Waals surface area contributed by atoms with Crippen molar-refractivity contribution in [3.8, 4) is 0 Å². The Labute approximate surface area is 159 Å². The lowest BCUT2D eigenvalue weighted by molar-refractivity contribution is 0.0728. The molecule has 1 amide bonds. The summed E-state index contributed by atoms with van der Waals surface area (Å²) in [5, 5.41) is 3.27. The van der Waals surface area contributed by atoms with E-state index in [0.29, 0.717) is 24.6 Å². The Hall–Kier alpha value is -3.21. The van der Waals surface area contributed by atoms with Crippen LogP contribution in [0.1, 0.15) is 32.7 Å². The highest BCUT2D eigenvalue weighted by atomic mass is 16.2. The molecule has 0 bridgehead atoms. The van der Waals surface area contributed by atoms with Crippen molar-refractivity contribution >= 4 is 17.4 Å². The van der Waals surface area contributed by atoms with Crippen LogP contribution < -0.4 is 5.32 Å². The Morgan fingerprint density at radius 1 is 1.04 bits per heavy atom. The van der Waals surface area contributed by atoms with E-state index in [4.69, 9.17) is 0 Å². The van der Waals surface area contributed by atoms with Gasteiger partial charge in [-0.2, -0.15) is 0 Å². The first-order valence-electron chi connectivity index (χ1n) is 9.12. The van der Waals surface area contributed by atoms with E-state index in [2.05, 4.69) is 52.5 Å². The highest BCUT2D eigenvalue weighted by Gasteiger charge is 2.22. The second kappa shape index (κ2) is 7.19. The van der Waals surface area contributed by atoms with E-state index in [0.717, 1.165) is 17.7 Å². The summed E-state index contributed by atoms with van der Waals surface area (Å²) in [7, 11) is 0. The quantitative estimate of drug-likeness (QED) is 0.768. The van der Waals surface area contributed by atoms with E-state index in [1.807, 2.05) is 24.0 Å². The van der Waals surface area contributed by atoms with Gasteiger partial charge in [0.2, 0.25) is 0 Å². The lowest BCUT2D eigenvalue weighted by Gasteiger charge is -2.28. The van der Waals surface area contributed by atoms with E-state index >= 15 is 0 Å². The van der Waals surface area contributed by atoms with Crippen molar-refractivity contribution in [3.05, 3.63) is 82.8 Å². The molecule has 1 aliphatic rings. The number of fused-ring (bicyclic) bond motifs is 1. The molecule has 0 atom stereocenters. The number of carbonyl (C=O) groups excluding carboxylic acids is 1. The molecular weight excluding hydrogens is 336 g/mol. The highest BCUT2D eigenvalue weighted by Crippen LogP contribution is 2.22. The van der Waals surface area contributed by atoms with Crippen LogP contribution in [0, 0.1) is 13.8 Å². The van der Waals surface area contributed by atoms with Crippen molar-refractivity contribution < 1.29 is 4.79 Å². The number of benzene rings is 2. The van der Waals surface area contributed by atoms with Crippen LogP contribution in [0.5, 0.6) is 0 Å². The molecular formula is C22H22N4O. The first-order valence-corrected chi connectivity index (χ1v) is 9.12. The maximum absolute atomic E-state index is 12.8. The molecule has 0 aliphatic carbocycles. The molecule has 1 N–H and O–H groups in total. The second-order valence-electron chi connectivity index (χ2n) is 6.98. The van der Waals surface area contributed by atoms with Gasteiger partial charge in [0, 0.05) is 18.8 Å². The Balaban J connectivity index is 1.47. The molecule has 0 radical (unpaired) electrons. The van der Waals surface area contributed by atoms with Gasteiger partial charge >= 0.3 is 0 Å². The van der Waals surface area contributed by atoms with Gasteiger partial charge in [0.1, 0.15) is 11.5 Å². The molecule has 3 aromatic rings. The van der Waals surface area contributed by atoms with Gasteiger partial charge in [-0.3, -0.25) is 4.79 Å². The van der Waals surface area contributed by atoms with Crippen LogP contribution in [0.3, 0.4) is 0 Å². The number of nitrogens with one attached hydrogen (secondary N) is 1. The number of hydrogen-bond donors (Lipinski definition) is 1. The third kappa shape index (κ3) is 3.67. The van der Waals surface area contributed by atoms with Crippen molar-refractivity contribution in [1.29, 1.82) is 0 Å². The fourth-order valence-electron chi connectivity index (χ4n) is 3.34. The summed E-state index contributed by atoms with van der Waals surface area (Å²) >= 11 is 0. The van der Waals surface area contributed by atoms with Gasteiger partial charge in [-0.15, -0.1) is 0 Å². The predicted molar refractivity (Wildman–Crippen MR) is 106 cm³/mol. The average molecular weight is 358 g/mol. The summed E-state index contributed by atoms with van der Waals surface area (Å²) in [5.41, 5.74) is 6.21. The van der Waals surface area contributed by atoms with Crippen molar-refractivity contribution in [3.63, 3.8) is 0 Å². The highest BCUT2D eigenvalue weighted by molar-refractivity contribution is 5.92. The van der Waals surface area contributed by atoms with Gasteiger partial charge in [-0.1, -0.05) is 36.4 Å². The van der Waals surface area contributed by atoms with E-state index < -0.39 is 0 Å². The fourth-order valence-corrected chi connectivity index (χ4v) is 3.34. The normalized spacial score (nSPS) is 13.2. The Kier molecular flexibility index (Phi) is 4.59. The number of aryl methyl sites for hydroxylation is 2. The molecule has 2 heterocycles. The number of hydrogen-bond acceptors (Lipinski definition) is 4. The van der Waals surface area contributed by atoms with Crippen molar-refractivity contribution in [1.82, 2.24) is 14.9 Å². The van der Waals surface area contributed by atoms with E-state index in [9.17, 15) is 4.79 Å². The number of aromatic nitrogens is 2. The van der Waals surface area contributed by atoms with Gasteiger partial charge < -0.3 is 10.2 Å². The lowest BCUT2D eigenvalue weighted by atomic mass is 10.00. The van der Waals surface area contributed by atoms with E-state index in [-0.39, 0.29) is 5.91 Å². The topological polar surface area (TPSA) is 58.1 Å². The number of carbonyl (C=O) groups is 1. The van der Waals surface area contributed by atoms with Crippen LogP contribution in [0.4, 0.5) is 11.5 Å². The summed E-state index contributed by atoms with van der Waals surface area (Å²) < 4.78 is 0. The fraction of sp³-hybridized carbons (Fsp3) is 0.227. The van der Waals surface area contributed by atoms with Gasteiger partial charge in [0.25, 0.3) is 5.91 Å². The monoisotopic (exact) mass is 358 g/mol. The zero-order valence-corrected chi connectivity index (χ0v) is 15.6. The van der Waals surface area contributed by atoms with Crippen LogP contribution in [-0.2, 0) is 13.0 Å². The largest absolute Gasteiger partial charge is 0.339 e. The molecule has 0 fully saturated rings. The summed E-state index contributed by atoms with van der Waals surface area (Å²) in [6, 6.07) is 14.5. The summed E-state index contributed by atoms with van der Waals surface area (Å²) in [6.07, 6.45) is 4.05. The van der Waals surface area contributed by atoms with E-state index in [1.54, 1.807) is 12.4 Å².